The van der Waals surface area contributed by atoms with Gasteiger partial charge in [0.05, 0.1) is 5.52 Å². The summed E-state index contributed by atoms with van der Waals surface area (Å²) in [5.41, 5.74) is 0.338. The molecular formula is C18H27NO3. The fraction of sp³-hybridized carbons (Fsp3) is 0.444. The number of esters is 1. The standard InChI is InChI=1S/C15H17NO3.C3H8.H2/c1-15(2,3)19-14(17)10-18-13-8-9-16-12-7-5-4-6-11(12)13;1-3-2;/h4-9H,10H2,1-3H3;3H2,1-2H3;1H. The molecule has 0 saturated carbocycles. The number of fused-ring (bicyclic) bond motifs is 1. The number of ether oxygens (including phenoxy) is 2. The number of rotatable bonds is 3. The molecule has 0 aliphatic heterocycles. The lowest BCUT2D eigenvalue weighted by Gasteiger charge is -2.19. The molecule has 122 valence electrons. The highest BCUT2D eigenvalue weighted by Gasteiger charge is 2.16. The van der Waals surface area contributed by atoms with Crippen LogP contribution in [0.3, 0.4) is 0 Å². The minimum atomic E-state index is -0.499. The van der Waals surface area contributed by atoms with Gasteiger partial charge in [-0.15, -0.1) is 0 Å². The quantitative estimate of drug-likeness (QED) is 0.776. The van der Waals surface area contributed by atoms with Crippen LogP contribution in [-0.4, -0.2) is 23.2 Å². The van der Waals surface area contributed by atoms with E-state index in [2.05, 4.69) is 18.8 Å². The first-order valence-corrected chi connectivity index (χ1v) is 7.55. The van der Waals surface area contributed by atoms with E-state index in [4.69, 9.17) is 9.47 Å². The second-order valence-corrected chi connectivity index (χ2v) is 5.91. The van der Waals surface area contributed by atoms with Gasteiger partial charge in [-0.25, -0.2) is 4.79 Å². The molecule has 4 nitrogen and oxygen atoms in total. The summed E-state index contributed by atoms with van der Waals surface area (Å²) in [5, 5.41) is 0.883. The second kappa shape index (κ2) is 8.37. The van der Waals surface area contributed by atoms with Gasteiger partial charge in [-0.1, -0.05) is 32.4 Å². The van der Waals surface area contributed by atoms with Crippen LogP contribution in [0.2, 0.25) is 0 Å². The molecule has 0 saturated heterocycles. The summed E-state index contributed by atoms with van der Waals surface area (Å²) in [6, 6.07) is 9.37. The van der Waals surface area contributed by atoms with E-state index in [1.165, 1.54) is 6.42 Å². The summed E-state index contributed by atoms with van der Waals surface area (Å²) in [7, 11) is 0. The van der Waals surface area contributed by atoms with Crippen LogP contribution < -0.4 is 4.74 Å². The normalized spacial score (nSPS) is 10.6. The molecule has 0 N–H and O–H groups in total. The number of hydrogen-bond acceptors (Lipinski definition) is 4. The predicted molar refractivity (Wildman–Crippen MR) is 91.2 cm³/mol. The van der Waals surface area contributed by atoms with Crippen LogP contribution in [0.5, 0.6) is 5.75 Å². The zero-order valence-electron chi connectivity index (χ0n) is 14.1. The molecule has 0 radical (unpaired) electrons. The van der Waals surface area contributed by atoms with Crippen molar-refractivity contribution in [3.63, 3.8) is 0 Å². The van der Waals surface area contributed by atoms with Gasteiger partial charge < -0.3 is 9.47 Å². The number of hydrogen-bond donors (Lipinski definition) is 0. The number of benzene rings is 1. The Morgan fingerprint density at radius 3 is 2.45 bits per heavy atom. The molecule has 0 spiro atoms. The number of carbonyl (C=O) groups excluding carboxylic acids is 1. The molecule has 2 rings (SSSR count). The van der Waals surface area contributed by atoms with E-state index in [1.807, 2.05) is 45.0 Å². The SMILES string of the molecule is CC(C)(C)OC(=O)COc1ccnc2ccccc12.CCC.[HH]. The first-order valence-electron chi connectivity index (χ1n) is 7.55. The highest BCUT2D eigenvalue weighted by molar-refractivity contribution is 5.85. The predicted octanol–water partition coefficient (Wildman–Crippen LogP) is 4.62. The lowest BCUT2D eigenvalue weighted by Crippen LogP contribution is -2.27. The topological polar surface area (TPSA) is 48.4 Å². The maximum atomic E-state index is 11.6. The summed E-state index contributed by atoms with van der Waals surface area (Å²) in [5.74, 6) is 0.254. The van der Waals surface area contributed by atoms with Crippen LogP contribution in [0.25, 0.3) is 10.9 Å². The van der Waals surface area contributed by atoms with Gasteiger partial charge in [0.25, 0.3) is 0 Å². The summed E-state index contributed by atoms with van der Waals surface area (Å²) in [6.45, 7) is 9.62. The van der Waals surface area contributed by atoms with E-state index in [-0.39, 0.29) is 14.0 Å². The van der Waals surface area contributed by atoms with Crippen molar-refractivity contribution >= 4 is 16.9 Å². The molecule has 0 fully saturated rings. The molecule has 1 aromatic heterocycles. The van der Waals surface area contributed by atoms with Crippen molar-refractivity contribution < 1.29 is 15.7 Å². The first-order chi connectivity index (χ1) is 10.4. The van der Waals surface area contributed by atoms with E-state index < -0.39 is 5.60 Å². The van der Waals surface area contributed by atoms with Gasteiger partial charge in [0.1, 0.15) is 11.4 Å². The fourth-order valence-electron chi connectivity index (χ4n) is 1.70. The Hall–Kier alpha value is -2.10. The van der Waals surface area contributed by atoms with E-state index in [0.29, 0.717) is 5.75 Å². The Morgan fingerprint density at radius 1 is 1.18 bits per heavy atom. The maximum absolute atomic E-state index is 11.6. The third-order valence-electron chi connectivity index (χ3n) is 2.37. The van der Waals surface area contributed by atoms with Gasteiger partial charge >= 0.3 is 5.97 Å². The van der Waals surface area contributed by atoms with E-state index >= 15 is 0 Å². The zero-order valence-corrected chi connectivity index (χ0v) is 14.1. The van der Waals surface area contributed by atoms with E-state index in [9.17, 15) is 4.79 Å². The summed E-state index contributed by atoms with van der Waals surface area (Å²) in [6.07, 6.45) is 2.91. The third-order valence-corrected chi connectivity index (χ3v) is 2.37. The molecule has 4 heteroatoms. The highest BCUT2D eigenvalue weighted by Crippen LogP contribution is 2.23. The van der Waals surface area contributed by atoms with Gasteiger partial charge in [0, 0.05) is 13.0 Å². The van der Waals surface area contributed by atoms with Crippen molar-refractivity contribution in [2.45, 2.75) is 46.6 Å². The van der Waals surface area contributed by atoms with Crippen LogP contribution in [-0.2, 0) is 9.53 Å². The molecule has 0 aliphatic rings. The first kappa shape index (κ1) is 18.0. The van der Waals surface area contributed by atoms with E-state index in [1.54, 1.807) is 12.3 Å². The van der Waals surface area contributed by atoms with Crippen molar-refractivity contribution in [2.24, 2.45) is 0 Å². The molecular weight excluding hydrogens is 278 g/mol. The van der Waals surface area contributed by atoms with Crippen LogP contribution in [0.15, 0.2) is 36.5 Å². The number of nitrogens with zero attached hydrogens (tertiary/aromatic N) is 1. The fourth-order valence-corrected chi connectivity index (χ4v) is 1.70. The largest absolute Gasteiger partial charge is 0.481 e. The minimum Gasteiger partial charge on any atom is -0.481 e. The minimum absolute atomic E-state index is 0. The molecule has 0 amide bonds. The molecule has 0 unspecified atom stereocenters. The van der Waals surface area contributed by atoms with Gasteiger partial charge in [-0.2, -0.15) is 0 Å². The molecule has 0 atom stereocenters. The third kappa shape index (κ3) is 6.12. The van der Waals surface area contributed by atoms with Gasteiger partial charge in [0.2, 0.25) is 0 Å². The molecule has 0 aliphatic carbocycles. The van der Waals surface area contributed by atoms with E-state index in [0.717, 1.165) is 10.9 Å². The van der Waals surface area contributed by atoms with Crippen molar-refractivity contribution in [1.82, 2.24) is 4.98 Å². The summed E-state index contributed by atoms with van der Waals surface area (Å²) >= 11 is 0. The summed E-state index contributed by atoms with van der Waals surface area (Å²) in [4.78, 5) is 15.8. The lowest BCUT2D eigenvalue weighted by atomic mass is 10.2. The average Bonchev–Trinajstić information content (AvgIpc) is 2.44. The van der Waals surface area contributed by atoms with Gasteiger partial charge in [-0.3, -0.25) is 4.98 Å². The Morgan fingerprint density at radius 2 is 1.82 bits per heavy atom. The number of para-hydroxylation sites is 1. The van der Waals surface area contributed by atoms with Crippen LogP contribution in [0.1, 0.15) is 42.5 Å². The monoisotopic (exact) mass is 305 g/mol. The Kier molecular flexibility index (Phi) is 6.83. The Bertz CT molecular complexity index is 603. The lowest BCUT2D eigenvalue weighted by molar-refractivity contribution is -0.157. The molecule has 2 aromatic rings. The average molecular weight is 305 g/mol. The van der Waals surface area contributed by atoms with Crippen LogP contribution >= 0.6 is 0 Å². The Labute approximate surface area is 133 Å². The highest BCUT2D eigenvalue weighted by atomic mass is 16.6. The zero-order chi connectivity index (χ0) is 16.6. The number of aromatic nitrogens is 1. The molecule has 1 aromatic carbocycles. The van der Waals surface area contributed by atoms with Gasteiger partial charge in [0.15, 0.2) is 6.61 Å². The van der Waals surface area contributed by atoms with Crippen molar-refractivity contribution in [3.05, 3.63) is 36.5 Å². The van der Waals surface area contributed by atoms with Crippen LogP contribution in [0, 0.1) is 0 Å². The number of pyridine rings is 1. The van der Waals surface area contributed by atoms with Crippen molar-refractivity contribution in [3.8, 4) is 5.75 Å². The van der Waals surface area contributed by atoms with Crippen molar-refractivity contribution in [2.75, 3.05) is 6.61 Å². The maximum Gasteiger partial charge on any atom is 0.344 e. The summed E-state index contributed by atoms with van der Waals surface area (Å²) < 4.78 is 10.7. The Balaban J connectivity index is 0.00000112. The molecule has 22 heavy (non-hydrogen) atoms. The second-order valence-electron chi connectivity index (χ2n) is 5.91. The van der Waals surface area contributed by atoms with Gasteiger partial charge in [-0.05, 0) is 39.0 Å². The van der Waals surface area contributed by atoms with Crippen LogP contribution in [0.4, 0.5) is 0 Å². The van der Waals surface area contributed by atoms with Crippen molar-refractivity contribution in [1.29, 1.82) is 0 Å². The smallest absolute Gasteiger partial charge is 0.344 e. The molecule has 0 bridgehead atoms. The molecule has 1 heterocycles. The number of carbonyl (C=O) groups is 1.